The van der Waals surface area contributed by atoms with Crippen LogP contribution in [-0.2, 0) is 4.74 Å². The number of nitro benzene ring substituents is 1. The number of nitrogens with one attached hydrogen (secondary N) is 1. The van der Waals surface area contributed by atoms with Crippen LogP contribution >= 0.6 is 0 Å². The molecule has 3 aromatic rings. The van der Waals surface area contributed by atoms with Gasteiger partial charge in [-0.3, -0.25) is 14.9 Å². The molecule has 1 amide bonds. The molecule has 0 saturated heterocycles. The molecule has 0 aliphatic heterocycles. The summed E-state index contributed by atoms with van der Waals surface area (Å²) < 4.78 is 9.74. The van der Waals surface area contributed by atoms with Gasteiger partial charge in [0, 0.05) is 35.9 Å². The summed E-state index contributed by atoms with van der Waals surface area (Å²) in [5.41, 5.74) is 1.43. The highest BCUT2D eigenvalue weighted by molar-refractivity contribution is 6.06. The number of hydrogen-bond acceptors (Lipinski definition) is 7. The van der Waals surface area contributed by atoms with Crippen LogP contribution in [0, 0.1) is 17.0 Å². The summed E-state index contributed by atoms with van der Waals surface area (Å²) >= 11 is 0. The van der Waals surface area contributed by atoms with Crippen LogP contribution in [0.3, 0.4) is 0 Å². The number of nitro groups is 1. The zero-order chi connectivity index (χ0) is 20.3. The van der Waals surface area contributed by atoms with Gasteiger partial charge < -0.3 is 14.5 Å². The van der Waals surface area contributed by atoms with E-state index < -0.39 is 16.8 Å². The van der Waals surface area contributed by atoms with Gasteiger partial charge in [-0.2, -0.15) is 0 Å². The van der Waals surface area contributed by atoms with E-state index in [-0.39, 0.29) is 16.8 Å². The van der Waals surface area contributed by atoms with Gasteiger partial charge in [0.05, 0.1) is 17.6 Å². The molecule has 1 heterocycles. The number of carbonyl (C=O) groups excluding carboxylic acids is 2. The van der Waals surface area contributed by atoms with E-state index in [0.717, 1.165) is 24.8 Å². The van der Waals surface area contributed by atoms with E-state index in [1.165, 1.54) is 12.3 Å². The van der Waals surface area contributed by atoms with Gasteiger partial charge in [-0.15, -0.1) is 0 Å². The Balaban J connectivity index is 1.83. The number of non-ortho nitro benzene ring substituents is 1. The Hall–Kier alpha value is -4.01. The van der Waals surface area contributed by atoms with Crippen LogP contribution in [0.5, 0.6) is 0 Å². The van der Waals surface area contributed by atoms with Crippen molar-refractivity contribution in [2.24, 2.45) is 0 Å². The number of carbonyl (C=O) groups is 2. The number of benzene rings is 2. The molecule has 9 heteroatoms. The van der Waals surface area contributed by atoms with Gasteiger partial charge in [0.2, 0.25) is 0 Å². The SMILES string of the molecule is COC(=O)c1cc(C(=O)Nc2ccc(-c3coc(C)n3)cc2)cc([N+](=O)[O-])c1. The van der Waals surface area contributed by atoms with Gasteiger partial charge >= 0.3 is 5.97 Å². The molecule has 2 aromatic carbocycles. The molecule has 3 rings (SSSR count). The van der Waals surface area contributed by atoms with Crippen LogP contribution in [0.1, 0.15) is 26.6 Å². The van der Waals surface area contributed by atoms with Crippen molar-refractivity contribution in [3.8, 4) is 11.3 Å². The third-order valence-electron chi connectivity index (χ3n) is 3.87. The summed E-state index contributed by atoms with van der Waals surface area (Å²) in [6.07, 6.45) is 1.53. The molecule has 0 aliphatic carbocycles. The molecule has 0 aliphatic rings. The average molecular weight is 381 g/mol. The van der Waals surface area contributed by atoms with Gasteiger partial charge in [0.25, 0.3) is 11.6 Å². The fourth-order valence-corrected chi connectivity index (χ4v) is 2.51. The summed E-state index contributed by atoms with van der Waals surface area (Å²) in [7, 11) is 1.15. The highest BCUT2D eigenvalue weighted by Crippen LogP contribution is 2.22. The van der Waals surface area contributed by atoms with Crippen molar-refractivity contribution in [1.82, 2.24) is 4.98 Å². The van der Waals surface area contributed by atoms with E-state index in [0.29, 0.717) is 17.3 Å². The van der Waals surface area contributed by atoms with Crippen LogP contribution in [0.2, 0.25) is 0 Å². The summed E-state index contributed by atoms with van der Waals surface area (Å²) in [6.45, 7) is 1.74. The van der Waals surface area contributed by atoms with E-state index in [2.05, 4.69) is 15.0 Å². The maximum Gasteiger partial charge on any atom is 0.338 e. The molecule has 0 saturated carbocycles. The Morgan fingerprint density at radius 2 is 1.82 bits per heavy atom. The summed E-state index contributed by atoms with van der Waals surface area (Å²) in [4.78, 5) is 38.8. The van der Waals surface area contributed by atoms with Gasteiger partial charge in [-0.25, -0.2) is 9.78 Å². The third kappa shape index (κ3) is 4.04. The molecular formula is C19H15N3O6. The van der Waals surface area contributed by atoms with E-state index in [4.69, 9.17) is 4.42 Å². The van der Waals surface area contributed by atoms with Gasteiger partial charge in [0.1, 0.15) is 12.0 Å². The number of esters is 1. The molecule has 0 unspecified atom stereocenters. The predicted octanol–water partition coefficient (Wildman–Crippen LogP) is 3.60. The maximum atomic E-state index is 12.5. The molecular weight excluding hydrogens is 366 g/mol. The second-order valence-corrected chi connectivity index (χ2v) is 5.80. The lowest BCUT2D eigenvalue weighted by Crippen LogP contribution is -2.14. The third-order valence-corrected chi connectivity index (χ3v) is 3.87. The fourth-order valence-electron chi connectivity index (χ4n) is 2.51. The zero-order valence-corrected chi connectivity index (χ0v) is 15.0. The van der Waals surface area contributed by atoms with Crippen molar-refractivity contribution in [3.63, 3.8) is 0 Å². The highest BCUT2D eigenvalue weighted by Gasteiger charge is 2.18. The number of anilines is 1. The Kier molecular flexibility index (Phi) is 5.16. The lowest BCUT2D eigenvalue weighted by Gasteiger charge is -2.07. The van der Waals surface area contributed by atoms with Crippen molar-refractivity contribution in [2.75, 3.05) is 12.4 Å². The van der Waals surface area contributed by atoms with Crippen molar-refractivity contribution >= 4 is 23.3 Å². The average Bonchev–Trinajstić information content (AvgIpc) is 3.13. The largest absolute Gasteiger partial charge is 0.465 e. The molecule has 0 fully saturated rings. The molecule has 0 spiro atoms. The van der Waals surface area contributed by atoms with Crippen LogP contribution in [0.4, 0.5) is 11.4 Å². The zero-order valence-electron chi connectivity index (χ0n) is 15.0. The van der Waals surface area contributed by atoms with Crippen LogP contribution in [-0.4, -0.2) is 28.9 Å². The monoisotopic (exact) mass is 381 g/mol. The normalized spacial score (nSPS) is 10.4. The van der Waals surface area contributed by atoms with Gasteiger partial charge in [0.15, 0.2) is 5.89 Å². The van der Waals surface area contributed by atoms with E-state index in [1.807, 2.05) is 0 Å². The number of aromatic nitrogens is 1. The van der Waals surface area contributed by atoms with Crippen molar-refractivity contribution in [3.05, 3.63) is 75.9 Å². The quantitative estimate of drug-likeness (QED) is 0.407. The van der Waals surface area contributed by atoms with Crippen LogP contribution in [0.25, 0.3) is 11.3 Å². The molecule has 1 N–H and O–H groups in total. The van der Waals surface area contributed by atoms with Crippen LogP contribution < -0.4 is 5.32 Å². The molecule has 0 atom stereocenters. The van der Waals surface area contributed by atoms with Crippen molar-refractivity contribution in [1.29, 1.82) is 0 Å². The number of methoxy groups -OCH3 is 1. The lowest BCUT2D eigenvalue weighted by molar-refractivity contribution is -0.384. The predicted molar refractivity (Wildman–Crippen MR) is 99.1 cm³/mol. The molecule has 142 valence electrons. The first-order valence-electron chi connectivity index (χ1n) is 8.09. The van der Waals surface area contributed by atoms with Gasteiger partial charge in [-0.05, 0) is 18.2 Å². The number of oxazole rings is 1. The number of ether oxygens (including phenoxy) is 1. The molecule has 0 radical (unpaired) electrons. The molecule has 28 heavy (non-hydrogen) atoms. The number of nitrogens with zero attached hydrogens (tertiary/aromatic N) is 2. The topological polar surface area (TPSA) is 125 Å². The standard InChI is InChI=1S/C19H15N3O6/c1-11-20-17(10-28-11)12-3-5-15(6-4-12)21-18(23)13-7-14(19(24)27-2)9-16(8-13)22(25)26/h3-10H,1-2H3,(H,21,23). The van der Waals surface area contributed by atoms with Crippen molar-refractivity contribution < 1.29 is 23.7 Å². The Morgan fingerprint density at radius 1 is 1.14 bits per heavy atom. The second kappa shape index (κ2) is 7.70. The number of rotatable bonds is 5. The lowest BCUT2D eigenvalue weighted by atomic mass is 10.1. The second-order valence-electron chi connectivity index (χ2n) is 5.80. The van der Waals surface area contributed by atoms with Crippen LogP contribution in [0.15, 0.2) is 53.1 Å². The number of amides is 1. The summed E-state index contributed by atoms with van der Waals surface area (Å²) in [5.74, 6) is -0.830. The smallest absolute Gasteiger partial charge is 0.338 e. The molecule has 1 aromatic heterocycles. The first-order chi connectivity index (χ1) is 13.4. The maximum absolute atomic E-state index is 12.5. The minimum atomic E-state index is -0.773. The first kappa shape index (κ1) is 18.8. The van der Waals surface area contributed by atoms with E-state index in [9.17, 15) is 19.7 Å². The highest BCUT2D eigenvalue weighted by atomic mass is 16.6. The number of hydrogen-bond donors (Lipinski definition) is 1. The minimum absolute atomic E-state index is 0.0363. The summed E-state index contributed by atoms with van der Waals surface area (Å²) in [5, 5.41) is 13.7. The van der Waals surface area contributed by atoms with Gasteiger partial charge in [-0.1, -0.05) is 12.1 Å². The van der Waals surface area contributed by atoms with E-state index >= 15 is 0 Å². The summed E-state index contributed by atoms with van der Waals surface area (Å²) in [6, 6.07) is 10.2. The molecule has 0 bridgehead atoms. The minimum Gasteiger partial charge on any atom is -0.465 e. The molecule has 9 nitrogen and oxygen atoms in total. The Bertz CT molecular complexity index is 1060. The van der Waals surface area contributed by atoms with Crippen molar-refractivity contribution in [2.45, 2.75) is 6.92 Å². The fraction of sp³-hybridized carbons (Fsp3) is 0.105. The Morgan fingerprint density at radius 3 is 2.39 bits per heavy atom. The first-order valence-corrected chi connectivity index (χ1v) is 8.09. The number of aryl methyl sites for hydroxylation is 1. The van der Waals surface area contributed by atoms with E-state index in [1.54, 1.807) is 31.2 Å². The Labute approximate surface area is 159 Å².